The highest BCUT2D eigenvalue weighted by Crippen LogP contribution is 2.18. The number of nitrogens with one attached hydrogen (secondary N) is 1. The first-order chi connectivity index (χ1) is 11.0. The molecule has 0 saturated heterocycles. The maximum atomic E-state index is 11.7. The minimum Gasteiger partial charge on any atom is -0.400 e. The number of hydrogen-bond donors (Lipinski definition) is 1. The number of rotatable bonds is 6. The van der Waals surface area contributed by atoms with Crippen LogP contribution >= 0.6 is 0 Å². The molecular weight excluding hydrogens is 308 g/mol. The average molecular weight is 318 g/mol. The minimum absolute atomic E-state index is 0.0858. The van der Waals surface area contributed by atoms with Crippen molar-refractivity contribution in [3.05, 3.63) is 68.0 Å². The van der Waals surface area contributed by atoms with E-state index < -0.39 is 21.6 Å². The topological polar surface area (TPSA) is 141 Å². The van der Waals surface area contributed by atoms with Crippen LogP contribution in [0.5, 0.6) is 0 Å². The molecule has 0 unspecified atom stereocenters. The Balaban J connectivity index is 1.96. The summed E-state index contributed by atoms with van der Waals surface area (Å²) >= 11 is 0. The van der Waals surface area contributed by atoms with Gasteiger partial charge < -0.3 is 4.42 Å². The monoisotopic (exact) mass is 318 g/mol. The van der Waals surface area contributed by atoms with Gasteiger partial charge in [-0.3, -0.25) is 25.0 Å². The number of nitrogens with zero attached hydrogens (tertiary/aromatic N) is 3. The molecule has 0 fully saturated rings. The van der Waals surface area contributed by atoms with Gasteiger partial charge in [0.05, 0.1) is 23.6 Å². The third kappa shape index (κ3) is 4.20. The van der Waals surface area contributed by atoms with Gasteiger partial charge in [-0.05, 0) is 6.07 Å². The molecule has 10 nitrogen and oxygen atoms in total. The molecule has 118 valence electrons. The van der Waals surface area contributed by atoms with E-state index in [0.29, 0.717) is 0 Å². The maximum Gasteiger partial charge on any atom is 0.433 e. The van der Waals surface area contributed by atoms with Crippen molar-refractivity contribution >= 4 is 23.7 Å². The first kappa shape index (κ1) is 15.8. The lowest BCUT2D eigenvalue weighted by Crippen LogP contribution is -2.20. The fourth-order valence-electron chi connectivity index (χ4n) is 1.73. The lowest BCUT2D eigenvalue weighted by Gasteiger charge is -2.01. The quantitative estimate of drug-likeness (QED) is 0.489. The molecule has 1 aromatic heterocycles. The predicted octanol–water partition coefficient (Wildman–Crippen LogP) is 1.79. The van der Waals surface area contributed by atoms with Crippen LogP contribution in [0.1, 0.15) is 11.3 Å². The molecule has 0 aliphatic rings. The van der Waals surface area contributed by atoms with Gasteiger partial charge in [-0.25, -0.2) is 5.43 Å². The number of hydrazone groups is 1. The second kappa shape index (κ2) is 6.93. The molecule has 2 rings (SSSR count). The summed E-state index contributed by atoms with van der Waals surface area (Å²) in [6, 6.07) is 8.32. The second-order valence-electron chi connectivity index (χ2n) is 4.29. The summed E-state index contributed by atoms with van der Waals surface area (Å²) < 4.78 is 4.81. The fourth-order valence-corrected chi connectivity index (χ4v) is 1.73. The number of amides is 1. The van der Waals surface area contributed by atoms with Crippen LogP contribution < -0.4 is 5.43 Å². The van der Waals surface area contributed by atoms with Gasteiger partial charge in [0.1, 0.15) is 4.92 Å². The van der Waals surface area contributed by atoms with Gasteiger partial charge in [-0.15, -0.1) is 0 Å². The lowest BCUT2D eigenvalue weighted by molar-refractivity contribution is -0.402. The minimum atomic E-state index is -0.704. The standard InChI is InChI=1S/C13H10N4O6/c18-12(7-9-3-1-2-4-11(9)16(19)20)15-14-8-10-5-6-13(23-10)17(21)22/h1-6,8H,7H2,(H,15,18)/b14-8+. The molecule has 0 spiro atoms. The van der Waals surface area contributed by atoms with Gasteiger partial charge in [0.15, 0.2) is 5.76 Å². The maximum absolute atomic E-state index is 11.7. The van der Waals surface area contributed by atoms with Crippen molar-refractivity contribution in [1.29, 1.82) is 0 Å². The van der Waals surface area contributed by atoms with E-state index in [2.05, 4.69) is 10.5 Å². The van der Waals surface area contributed by atoms with E-state index in [1.165, 1.54) is 24.3 Å². The van der Waals surface area contributed by atoms with Crippen molar-refractivity contribution < 1.29 is 19.1 Å². The second-order valence-corrected chi connectivity index (χ2v) is 4.29. The molecule has 0 saturated carbocycles. The number of para-hydroxylation sites is 1. The van der Waals surface area contributed by atoms with Gasteiger partial charge in [0.2, 0.25) is 5.91 Å². The largest absolute Gasteiger partial charge is 0.433 e. The van der Waals surface area contributed by atoms with Gasteiger partial charge in [0, 0.05) is 11.6 Å². The van der Waals surface area contributed by atoms with Crippen LogP contribution in [-0.2, 0) is 11.2 Å². The number of benzene rings is 1. The SMILES string of the molecule is O=C(Cc1ccccc1[N+](=O)[O-])N/N=C/c1ccc([N+](=O)[O-])o1. The highest BCUT2D eigenvalue weighted by molar-refractivity contribution is 5.82. The van der Waals surface area contributed by atoms with Gasteiger partial charge in [-0.2, -0.15) is 5.10 Å². The van der Waals surface area contributed by atoms with E-state index in [0.717, 1.165) is 12.3 Å². The van der Waals surface area contributed by atoms with Gasteiger partial charge in [0.25, 0.3) is 5.69 Å². The number of nitro groups is 2. The zero-order valence-corrected chi connectivity index (χ0v) is 11.5. The Morgan fingerprint density at radius 2 is 1.91 bits per heavy atom. The Kier molecular flexibility index (Phi) is 4.77. The Labute approximate surface area is 128 Å². The molecule has 1 amide bonds. The zero-order valence-electron chi connectivity index (χ0n) is 11.5. The molecule has 1 heterocycles. The lowest BCUT2D eigenvalue weighted by atomic mass is 10.1. The summed E-state index contributed by atoms with van der Waals surface area (Å²) in [5.41, 5.74) is 2.25. The van der Waals surface area contributed by atoms with E-state index >= 15 is 0 Å². The fraction of sp³-hybridized carbons (Fsp3) is 0.0769. The van der Waals surface area contributed by atoms with Crippen LogP contribution in [0.4, 0.5) is 11.6 Å². The Morgan fingerprint density at radius 1 is 1.17 bits per heavy atom. The third-order valence-electron chi connectivity index (χ3n) is 2.71. The number of furan rings is 1. The van der Waals surface area contributed by atoms with Crippen LogP contribution in [-0.4, -0.2) is 22.0 Å². The summed E-state index contributed by atoms with van der Waals surface area (Å²) in [4.78, 5) is 31.7. The third-order valence-corrected chi connectivity index (χ3v) is 2.71. The van der Waals surface area contributed by atoms with Crippen molar-refractivity contribution in [3.8, 4) is 0 Å². The molecule has 1 N–H and O–H groups in total. The Morgan fingerprint density at radius 3 is 2.57 bits per heavy atom. The van der Waals surface area contributed by atoms with Gasteiger partial charge in [-0.1, -0.05) is 18.2 Å². The molecule has 0 radical (unpaired) electrons. The summed E-state index contributed by atoms with van der Waals surface area (Å²) in [7, 11) is 0. The molecule has 2 aromatic rings. The average Bonchev–Trinajstić information content (AvgIpc) is 2.96. The van der Waals surface area contributed by atoms with Crippen LogP contribution in [0.2, 0.25) is 0 Å². The van der Waals surface area contributed by atoms with E-state index in [1.54, 1.807) is 6.07 Å². The van der Waals surface area contributed by atoms with Crippen molar-refractivity contribution in [3.63, 3.8) is 0 Å². The van der Waals surface area contributed by atoms with E-state index in [9.17, 15) is 25.0 Å². The van der Waals surface area contributed by atoms with E-state index in [-0.39, 0.29) is 23.4 Å². The molecule has 10 heteroatoms. The summed E-state index contributed by atoms with van der Waals surface area (Å²) in [6.45, 7) is 0. The zero-order chi connectivity index (χ0) is 16.8. The Bertz CT molecular complexity index is 782. The highest BCUT2D eigenvalue weighted by atomic mass is 16.6. The molecule has 0 aliphatic heterocycles. The van der Waals surface area contributed by atoms with Crippen molar-refractivity contribution in [2.24, 2.45) is 5.10 Å². The highest BCUT2D eigenvalue weighted by Gasteiger charge is 2.15. The van der Waals surface area contributed by atoms with E-state index in [4.69, 9.17) is 4.42 Å². The smallest absolute Gasteiger partial charge is 0.400 e. The predicted molar refractivity (Wildman–Crippen MR) is 77.9 cm³/mol. The molecule has 0 atom stereocenters. The Hall–Kier alpha value is -3.56. The normalized spacial score (nSPS) is 10.6. The number of hydrogen-bond acceptors (Lipinski definition) is 7. The summed E-state index contributed by atoms with van der Waals surface area (Å²) in [5, 5.41) is 24.8. The number of nitro benzene ring substituents is 1. The molecule has 0 aliphatic carbocycles. The summed E-state index contributed by atoms with van der Waals surface area (Å²) in [5.74, 6) is -0.933. The van der Waals surface area contributed by atoms with E-state index in [1.807, 2.05) is 0 Å². The molecule has 23 heavy (non-hydrogen) atoms. The molecule has 0 bridgehead atoms. The first-order valence-electron chi connectivity index (χ1n) is 6.26. The van der Waals surface area contributed by atoms with Crippen molar-refractivity contribution in [2.45, 2.75) is 6.42 Å². The van der Waals surface area contributed by atoms with Crippen LogP contribution in [0.3, 0.4) is 0 Å². The van der Waals surface area contributed by atoms with Crippen LogP contribution in [0, 0.1) is 20.2 Å². The van der Waals surface area contributed by atoms with Crippen molar-refractivity contribution in [1.82, 2.24) is 5.43 Å². The summed E-state index contributed by atoms with van der Waals surface area (Å²) in [6.07, 6.45) is 0.858. The van der Waals surface area contributed by atoms with Crippen LogP contribution in [0.15, 0.2) is 45.9 Å². The molecule has 1 aromatic carbocycles. The number of carbonyl (C=O) groups is 1. The van der Waals surface area contributed by atoms with Gasteiger partial charge >= 0.3 is 5.88 Å². The van der Waals surface area contributed by atoms with Crippen molar-refractivity contribution in [2.75, 3.05) is 0 Å². The first-order valence-corrected chi connectivity index (χ1v) is 6.26. The number of carbonyl (C=O) groups excluding carboxylic acids is 1. The van der Waals surface area contributed by atoms with Crippen LogP contribution in [0.25, 0.3) is 0 Å². The molecular formula is C13H10N4O6.